The molecule has 0 spiro atoms. The predicted octanol–water partition coefficient (Wildman–Crippen LogP) is 4.87. The molecule has 0 fully saturated rings. The van der Waals surface area contributed by atoms with Crippen molar-refractivity contribution in [2.24, 2.45) is 5.14 Å². The summed E-state index contributed by atoms with van der Waals surface area (Å²) in [6.07, 6.45) is 1.72. The third-order valence-electron chi connectivity index (χ3n) is 4.25. The number of aryl methyl sites for hydroxylation is 1. The lowest BCUT2D eigenvalue weighted by molar-refractivity contribution is 0.481. The Kier molecular flexibility index (Phi) is 6.16. The van der Waals surface area contributed by atoms with E-state index in [0.29, 0.717) is 23.0 Å². The van der Waals surface area contributed by atoms with Gasteiger partial charge in [-0.2, -0.15) is 4.98 Å². The van der Waals surface area contributed by atoms with E-state index in [-0.39, 0.29) is 5.95 Å². The minimum atomic E-state index is 0.160. The highest BCUT2D eigenvalue weighted by Gasteiger charge is 2.08. The highest BCUT2D eigenvalue weighted by Crippen LogP contribution is 2.28. The summed E-state index contributed by atoms with van der Waals surface area (Å²) in [5, 5.41) is 8.61. The fraction of sp³-hybridized carbons (Fsp3) is 0.0455. The molecule has 0 unspecified atom stereocenters. The standard InChI is InChI=1S/C22H20N6O2S/c1-14-11-18(9-10-25-14)29-17-7-5-16(6-8-17)26-21-13-20(27-22(23)28-21)15-3-2-4-19(12-15)30-31-24/h2-13H,24H2,1H3,(H3,23,26,27,28). The van der Waals surface area contributed by atoms with Crippen LogP contribution in [0.15, 0.2) is 72.9 Å². The summed E-state index contributed by atoms with van der Waals surface area (Å²) in [4.78, 5) is 12.8. The van der Waals surface area contributed by atoms with Crippen LogP contribution in [0.4, 0.5) is 17.5 Å². The van der Waals surface area contributed by atoms with Gasteiger partial charge in [-0.1, -0.05) is 12.1 Å². The highest BCUT2D eigenvalue weighted by molar-refractivity contribution is 7.92. The van der Waals surface area contributed by atoms with E-state index >= 15 is 0 Å². The van der Waals surface area contributed by atoms with E-state index in [2.05, 4.69) is 20.3 Å². The van der Waals surface area contributed by atoms with Crippen molar-refractivity contribution in [2.45, 2.75) is 6.92 Å². The van der Waals surface area contributed by atoms with Crippen molar-refractivity contribution in [1.82, 2.24) is 15.0 Å². The molecular weight excluding hydrogens is 412 g/mol. The Labute approximate surface area is 184 Å². The second-order valence-corrected chi connectivity index (χ2v) is 6.95. The monoisotopic (exact) mass is 432 g/mol. The normalized spacial score (nSPS) is 10.5. The maximum absolute atomic E-state index is 5.93. The van der Waals surface area contributed by atoms with Crippen molar-refractivity contribution >= 4 is 29.7 Å². The second-order valence-electron chi connectivity index (χ2n) is 6.59. The zero-order valence-electron chi connectivity index (χ0n) is 16.6. The van der Waals surface area contributed by atoms with Gasteiger partial charge >= 0.3 is 0 Å². The van der Waals surface area contributed by atoms with Crippen LogP contribution in [0.1, 0.15) is 5.69 Å². The fourth-order valence-corrected chi connectivity index (χ4v) is 3.13. The Balaban J connectivity index is 1.51. The largest absolute Gasteiger partial charge is 0.457 e. The molecule has 2 aromatic carbocycles. The average Bonchev–Trinajstić information content (AvgIpc) is 2.75. The van der Waals surface area contributed by atoms with Gasteiger partial charge in [0.05, 0.1) is 5.69 Å². The number of benzene rings is 2. The second kappa shape index (κ2) is 9.33. The molecule has 31 heavy (non-hydrogen) atoms. The van der Waals surface area contributed by atoms with E-state index in [4.69, 9.17) is 19.8 Å². The molecule has 4 aromatic rings. The molecule has 4 rings (SSSR count). The molecule has 0 saturated carbocycles. The van der Waals surface area contributed by atoms with Gasteiger partial charge in [0.15, 0.2) is 0 Å². The first-order valence-corrected chi connectivity index (χ1v) is 10.2. The molecule has 8 nitrogen and oxygen atoms in total. The summed E-state index contributed by atoms with van der Waals surface area (Å²) >= 11 is 0.786. The first-order chi connectivity index (χ1) is 15.1. The summed E-state index contributed by atoms with van der Waals surface area (Å²) < 4.78 is 11.1. The topological polar surface area (TPSA) is 121 Å². The number of ether oxygens (including phenoxy) is 1. The molecule has 0 saturated heterocycles. The van der Waals surface area contributed by atoms with Crippen LogP contribution in [-0.2, 0) is 0 Å². The maximum Gasteiger partial charge on any atom is 0.222 e. The van der Waals surface area contributed by atoms with Crippen LogP contribution in [0.5, 0.6) is 17.2 Å². The minimum absolute atomic E-state index is 0.160. The highest BCUT2D eigenvalue weighted by atomic mass is 32.2. The van der Waals surface area contributed by atoms with Gasteiger partial charge in [0.2, 0.25) is 5.95 Å². The molecule has 2 aromatic heterocycles. The zero-order chi connectivity index (χ0) is 21.6. The molecule has 0 bridgehead atoms. The van der Waals surface area contributed by atoms with Crippen LogP contribution >= 0.6 is 12.2 Å². The van der Waals surface area contributed by atoms with E-state index in [1.54, 1.807) is 6.20 Å². The molecule has 5 N–H and O–H groups in total. The lowest BCUT2D eigenvalue weighted by Gasteiger charge is -2.10. The molecule has 2 heterocycles. The molecule has 9 heteroatoms. The van der Waals surface area contributed by atoms with E-state index in [1.165, 1.54) is 0 Å². The third kappa shape index (κ3) is 5.41. The number of nitrogen functional groups attached to an aromatic ring is 1. The number of rotatable bonds is 7. The Morgan fingerprint density at radius 2 is 1.74 bits per heavy atom. The lowest BCUT2D eigenvalue weighted by atomic mass is 10.1. The smallest absolute Gasteiger partial charge is 0.222 e. The zero-order valence-corrected chi connectivity index (χ0v) is 17.5. The van der Waals surface area contributed by atoms with E-state index in [0.717, 1.165) is 34.9 Å². The van der Waals surface area contributed by atoms with Crippen LogP contribution in [0.2, 0.25) is 0 Å². The van der Waals surface area contributed by atoms with Crippen LogP contribution < -0.4 is 25.1 Å². The summed E-state index contributed by atoms with van der Waals surface area (Å²) in [6.45, 7) is 1.92. The third-order valence-corrected chi connectivity index (χ3v) is 4.54. The Bertz CT molecular complexity index is 1190. The van der Waals surface area contributed by atoms with Crippen LogP contribution in [0.25, 0.3) is 11.3 Å². The number of nitrogens with two attached hydrogens (primary N) is 2. The molecule has 0 aliphatic carbocycles. The van der Waals surface area contributed by atoms with Gasteiger partial charge in [0, 0.05) is 35.3 Å². The van der Waals surface area contributed by atoms with Crippen LogP contribution in [0.3, 0.4) is 0 Å². The fourth-order valence-electron chi connectivity index (χ4n) is 2.91. The van der Waals surface area contributed by atoms with Gasteiger partial charge in [0.1, 0.15) is 35.3 Å². The summed E-state index contributed by atoms with van der Waals surface area (Å²) in [7, 11) is 0. The van der Waals surface area contributed by atoms with Gasteiger partial charge in [-0.25, -0.2) is 10.1 Å². The number of nitrogens with one attached hydrogen (secondary N) is 1. The molecule has 0 atom stereocenters. The van der Waals surface area contributed by atoms with Crippen LogP contribution in [-0.4, -0.2) is 15.0 Å². The van der Waals surface area contributed by atoms with Crippen LogP contribution in [0, 0.1) is 6.92 Å². The number of pyridine rings is 1. The first kappa shape index (κ1) is 20.5. The van der Waals surface area contributed by atoms with Crippen molar-refractivity contribution < 1.29 is 8.92 Å². The number of nitrogens with zero attached hydrogens (tertiary/aromatic N) is 3. The predicted molar refractivity (Wildman–Crippen MR) is 123 cm³/mol. The Morgan fingerprint density at radius 1 is 0.903 bits per heavy atom. The quantitative estimate of drug-likeness (QED) is 0.277. The Morgan fingerprint density at radius 3 is 2.52 bits per heavy atom. The Hall–Kier alpha value is -3.82. The molecule has 0 radical (unpaired) electrons. The van der Waals surface area contributed by atoms with Crippen molar-refractivity contribution in [3.05, 3.63) is 78.6 Å². The van der Waals surface area contributed by atoms with Crippen molar-refractivity contribution in [3.63, 3.8) is 0 Å². The maximum atomic E-state index is 5.93. The number of hydrogen-bond donors (Lipinski definition) is 3. The van der Waals surface area contributed by atoms with E-state index < -0.39 is 0 Å². The first-order valence-electron chi connectivity index (χ1n) is 9.35. The van der Waals surface area contributed by atoms with E-state index in [1.807, 2.05) is 73.7 Å². The lowest BCUT2D eigenvalue weighted by Crippen LogP contribution is -2.01. The molecule has 156 valence electrons. The average molecular weight is 433 g/mol. The van der Waals surface area contributed by atoms with Crippen molar-refractivity contribution in [1.29, 1.82) is 0 Å². The van der Waals surface area contributed by atoms with E-state index in [9.17, 15) is 0 Å². The number of hydrogen-bond acceptors (Lipinski definition) is 9. The van der Waals surface area contributed by atoms with Crippen molar-refractivity contribution in [2.75, 3.05) is 11.1 Å². The summed E-state index contributed by atoms with van der Waals surface area (Å²) in [5.74, 6) is 2.80. The van der Waals surface area contributed by atoms with Gasteiger partial charge in [-0.3, -0.25) is 4.98 Å². The molecule has 0 aliphatic heterocycles. The van der Waals surface area contributed by atoms with Gasteiger partial charge in [-0.15, -0.1) is 0 Å². The van der Waals surface area contributed by atoms with Gasteiger partial charge in [-0.05, 0) is 49.4 Å². The summed E-state index contributed by atoms with van der Waals surface area (Å²) in [6, 6.07) is 20.5. The molecular formula is C22H20N6O2S. The SMILES string of the molecule is Cc1cc(Oc2ccc(Nc3cc(-c4cccc(OSN)c4)nc(N)n3)cc2)ccn1. The minimum Gasteiger partial charge on any atom is -0.457 e. The van der Waals surface area contributed by atoms with Crippen molar-refractivity contribution in [3.8, 4) is 28.5 Å². The molecule has 0 aliphatic rings. The molecule has 0 amide bonds. The number of aromatic nitrogens is 3. The summed E-state index contributed by atoms with van der Waals surface area (Å²) in [5.41, 5.74) is 9.15. The van der Waals surface area contributed by atoms with Gasteiger partial charge < -0.3 is 20.0 Å². The number of anilines is 3. The van der Waals surface area contributed by atoms with Gasteiger partial charge in [0.25, 0.3) is 0 Å².